The molecule has 2 aliphatic heterocycles. The van der Waals surface area contributed by atoms with Crippen molar-refractivity contribution in [3.8, 4) is 0 Å². The van der Waals surface area contributed by atoms with E-state index >= 15 is 0 Å². The van der Waals surface area contributed by atoms with E-state index in [9.17, 15) is 0 Å². The van der Waals surface area contributed by atoms with Crippen LogP contribution < -0.4 is 4.90 Å². The van der Waals surface area contributed by atoms with Gasteiger partial charge in [0.1, 0.15) is 11.5 Å². The minimum Gasteiger partial charge on any atom is -0.355 e. The van der Waals surface area contributed by atoms with Crippen LogP contribution >= 0.6 is 0 Å². The van der Waals surface area contributed by atoms with Crippen molar-refractivity contribution in [2.24, 2.45) is 0 Å². The van der Waals surface area contributed by atoms with Crippen molar-refractivity contribution in [1.29, 1.82) is 0 Å². The van der Waals surface area contributed by atoms with Gasteiger partial charge < -0.3 is 4.90 Å². The molecular formula is C27H38N6. The van der Waals surface area contributed by atoms with Gasteiger partial charge in [-0.2, -0.15) is 0 Å². The highest BCUT2D eigenvalue weighted by molar-refractivity contribution is 5.53. The van der Waals surface area contributed by atoms with E-state index in [1.807, 2.05) is 12.3 Å². The Labute approximate surface area is 198 Å². The molecule has 5 rings (SSSR count). The minimum atomic E-state index is 0.334. The number of likely N-dealkylation sites (tertiary alicyclic amines) is 1. The monoisotopic (exact) mass is 446 g/mol. The Morgan fingerprint density at radius 1 is 1.00 bits per heavy atom. The van der Waals surface area contributed by atoms with Gasteiger partial charge in [0.2, 0.25) is 0 Å². The van der Waals surface area contributed by atoms with E-state index in [-0.39, 0.29) is 0 Å². The van der Waals surface area contributed by atoms with E-state index in [2.05, 4.69) is 77.3 Å². The summed E-state index contributed by atoms with van der Waals surface area (Å²) in [5.74, 6) is 1.27. The molecule has 176 valence electrons. The van der Waals surface area contributed by atoms with Crippen molar-refractivity contribution >= 4 is 11.5 Å². The topological polar surface area (TPSA) is 39.9 Å². The molecule has 0 bridgehead atoms. The number of hydrogen-bond acceptors (Lipinski definition) is 5. The zero-order valence-electron chi connectivity index (χ0n) is 20.6. The molecule has 5 heterocycles. The van der Waals surface area contributed by atoms with E-state index in [0.29, 0.717) is 18.1 Å². The second kappa shape index (κ2) is 9.43. The number of aryl methyl sites for hydroxylation is 1. The van der Waals surface area contributed by atoms with Crippen molar-refractivity contribution in [3.63, 3.8) is 0 Å². The summed E-state index contributed by atoms with van der Waals surface area (Å²) < 4.78 is 2.32. The fourth-order valence-electron chi connectivity index (χ4n) is 5.85. The molecule has 0 unspecified atom stereocenters. The molecule has 0 amide bonds. The SMILES string of the molecule is CCN1[C@@H](c2cn3c(N4CCN(C(C)C)CC4)cccc3n2)CCC[C@H]1c1ncccc1C. The zero-order valence-corrected chi connectivity index (χ0v) is 20.6. The Balaban J connectivity index is 1.44. The first-order valence-corrected chi connectivity index (χ1v) is 12.7. The van der Waals surface area contributed by atoms with Gasteiger partial charge in [-0.3, -0.25) is 19.2 Å². The van der Waals surface area contributed by atoms with Gasteiger partial charge >= 0.3 is 0 Å². The third-order valence-electron chi connectivity index (χ3n) is 7.69. The van der Waals surface area contributed by atoms with Crippen molar-refractivity contribution < 1.29 is 0 Å². The van der Waals surface area contributed by atoms with Crippen molar-refractivity contribution in [3.05, 3.63) is 59.7 Å². The predicted octanol–water partition coefficient (Wildman–Crippen LogP) is 4.86. The van der Waals surface area contributed by atoms with Gasteiger partial charge in [0.05, 0.1) is 23.5 Å². The summed E-state index contributed by atoms with van der Waals surface area (Å²) in [5.41, 5.74) is 4.78. The third-order valence-corrected chi connectivity index (χ3v) is 7.69. The smallest absolute Gasteiger partial charge is 0.138 e. The second-order valence-electron chi connectivity index (χ2n) is 9.89. The molecule has 0 aromatic carbocycles. The van der Waals surface area contributed by atoms with Gasteiger partial charge in [0, 0.05) is 44.6 Å². The van der Waals surface area contributed by atoms with Crippen molar-refractivity contribution in [2.75, 3.05) is 37.6 Å². The normalized spacial score (nSPS) is 23.0. The molecule has 0 radical (unpaired) electrons. The van der Waals surface area contributed by atoms with Crippen LogP contribution in [0.2, 0.25) is 0 Å². The third kappa shape index (κ3) is 4.26. The van der Waals surface area contributed by atoms with Crippen LogP contribution in [0.25, 0.3) is 5.65 Å². The summed E-state index contributed by atoms with van der Waals surface area (Å²) >= 11 is 0. The Morgan fingerprint density at radius 2 is 1.79 bits per heavy atom. The molecule has 2 fully saturated rings. The first-order chi connectivity index (χ1) is 16.1. The molecule has 6 nitrogen and oxygen atoms in total. The lowest BCUT2D eigenvalue weighted by Gasteiger charge is -2.41. The standard InChI is InChI=1S/C27H38N6/c1-5-32-23(10-6-11-24(32)27-21(4)9-8-14-28-27)22-19-33-25(29-22)12-7-13-26(33)31-17-15-30(16-18-31)20(2)3/h7-9,12-14,19-20,23-24H,5-6,10-11,15-18H2,1-4H3/t23-,24+/m1/s1. The molecule has 3 aromatic rings. The molecule has 2 saturated heterocycles. The highest BCUT2D eigenvalue weighted by Crippen LogP contribution is 2.41. The van der Waals surface area contributed by atoms with E-state index in [1.165, 1.54) is 35.6 Å². The fourth-order valence-corrected chi connectivity index (χ4v) is 5.85. The molecule has 2 aliphatic rings. The Morgan fingerprint density at radius 3 is 2.52 bits per heavy atom. The zero-order chi connectivity index (χ0) is 22.9. The maximum absolute atomic E-state index is 5.15. The molecule has 0 aliphatic carbocycles. The summed E-state index contributed by atoms with van der Waals surface area (Å²) in [6.07, 6.45) is 7.78. The second-order valence-corrected chi connectivity index (χ2v) is 9.89. The number of piperidine rings is 1. The molecule has 6 heteroatoms. The highest BCUT2D eigenvalue weighted by atomic mass is 15.3. The number of imidazole rings is 1. The molecule has 0 N–H and O–H groups in total. The Bertz CT molecular complexity index is 1080. The molecule has 2 atom stereocenters. The summed E-state index contributed by atoms with van der Waals surface area (Å²) in [5, 5.41) is 0. The average molecular weight is 447 g/mol. The number of aromatic nitrogens is 3. The van der Waals surface area contributed by atoms with Crippen LogP contribution in [-0.2, 0) is 0 Å². The predicted molar refractivity (Wildman–Crippen MR) is 135 cm³/mol. The number of rotatable bonds is 5. The quantitative estimate of drug-likeness (QED) is 0.560. The van der Waals surface area contributed by atoms with Crippen LogP contribution in [0.5, 0.6) is 0 Å². The van der Waals surface area contributed by atoms with Gasteiger partial charge in [-0.05, 0) is 70.3 Å². The fraction of sp³-hybridized carbons (Fsp3) is 0.556. The maximum Gasteiger partial charge on any atom is 0.138 e. The lowest BCUT2D eigenvalue weighted by Crippen LogP contribution is -2.49. The summed E-state index contributed by atoms with van der Waals surface area (Å²) in [6.45, 7) is 14.4. The Kier molecular flexibility index (Phi) is 6.39. The van der Waals surface area contributed by atoms with Crippen molar-refractivity contribution in [1.82, 2.24) is 24.2 Å². The minimum absolute atomic E-state index is 0.334. The van der Waals surface area contributed by atoms with Crippen LogP contribution in [-0.4, -0.2) is 62.9 Å². The van der Waals surface area contributed by atoms with E-state index in [0.717, 1.165) is 44.8 Å². The van der Waals surface area contributed by atoms with Gasteiger partial charge in [-0.25, -0.2) is 4.98 Å². The number of hydrogen-bond donors (Lipinski definition) is 0. The summed E-state index contributed by atoms with van der Waals surface area (Å²) in [6, 6.07) is 12.1. The van der Waals surface area contributed by atoms with Gasteiger partial charge in [-0.1, -0.05) is 19.1 Å². The number of pyridine rings is 2. The van der Waals surface area contributed by atoms with E-state index < -0.39 is 0 Å². The van der Waals surface area contributed by atoms with Crippen LogP contribution in [0.15, 0.2) is 42.7 Å². The first kappa shape index (κ1) is 22.4. The van der Waals surface area contributed by atoms with Crippen LogP contribution in [0.3, 0.4) is 0 Å². The first-order valence-electron chi connectivity index (χ1n) is 12.7. The average Bonchev–Trinajstić information content (AvgIpc) is 3.28. The summed E-state index contributed by atoms with van der Waals surface area (Å²) in [4.78, 5) is 17.7. The summed E-state index contributed by atoms with van der Waals surface area (Å²) in [7, 11) is 0. The highest BCUT2D eigenvalue weighted by Gasteiger charge is 2.34. The van der Waals surface area contributed by atoms with Crippen LogP contribution in [0.1, 0.15) is 69.1 Å². The lowest BCUT2D eigenvalue weighted by molar-refractivity contribution is 0.0834. The number of anilines is 1. The van der Waals surface area contributed by atoms with Gasteiger partial charge in [-0.15, -0.1) is 0 Å². The molecule has 3 aromatic heterocycles. The molecular weight excluding hydrogens is 408 g/mol. The van der Waals surface area contributed by atoms with E-state index in [1.54, 1.807) is 0 Å². The van der Waals surface area contributed by atoms with Gasteiger partial charge in [0.15, 0.2) is 0 Å². The van der Waals surface area contributed by atoms with Crippen molar-refractivity contribution in [2.45, 2.75) is 65.1 Å². The van der Waals surface area contributed by atoms with E-state index in [4.69, 9.17) is 9.97 Å². The molecule has 33 heavy (non-hydrogen) atoms. The molecule has 0 saturated carbocycles. The Hall–Kier alpha value is -2.44. The number of nitrogens with zero attached hydrogens (tertiary/aromatic N) is 6. The van der Waals surface area contributed by atoms with Crippen LogP contribution in [0.4, 0.5) is 5.82 Å². The lowest BCUT2D eigenvalue weighted by atomic mass is 9.90. The largest absolute Gasteiger partial charge is 0.355 e. The maximum atomic E-state index is 5.15. The number of fused-ring (bicyclic) bond motifs is 1. The number of piperazine rings is 1. The van der Waals surface area contributed by atoms with Gasteiger partial charge in [0.25, 0.3) is 0 Å². The molecule has 0 spiro atoms. The van der Waals surface area contributed by atoms with Crippen LogP contribution in [0, 0.1) is 6.92 Å².